The van der Waals surface area contributed by atoms with Crippen molar-refractivity contribution in [2.45, 2.75) is 50.8 Å². The second-order valence-electron chi connectivity index (χ2n) is 8.57. The van der Waals surface area contributed by atoms with Crippen molar-refractivity contribution in [1.82, 2.24) is 10.3 Å². The van der Waals surface area contributed by atoms with Crippen molar-refractivity contribution in [3.63, 3.8) is 0 Å². The molecular weight excluding hydrogens is 462 g/mol. The van der Waals surface area contributed by atoms with Crippen molar-refractivity contribution >= 4 is 33.2 Å². The predicted octanol–water partition coefficient (Wildman–Crippen LogP) is 4.80. The third kappa shape index (κ3) is 4.91. The lowest BCUT2D eigenvalue weighted by Crippen LogP contribution is -2.34. The number of rotatable bonds is 8. The van der Waals surface area contributed by atoms with Crippen LogP contribution in [0.2, 0.25) is 5.02 Å². The normalized spacial score (nSPS) is 14.8. The molecule has 1 saturated carbocycles. The zero-order chi connectivity index (χ0) is 23.8. The highest BCUT2D eigenvalue weighted by Gasteiger charge is 2.51. The third-order valence-electron chi connectivity index (χ3n) is 5.88. The van der Waals surface area contributed by atoms with Gasteiger partial charge in [0.25, 0.3) is 0 Å². The van der Waals surface area contributed by atoms with Crippen LogP contribution in [-0.2, 0) is 26.8 Å². The molecule has 0 atom stereocenters. The van der Waals surface area contributed by atoms with Gasteiger partial charge in [0, 0.05) is 16.3 Å². The Labute approximate surface area is 198 Å². The molecule has 0 unspecified atom stereocenters. The summed E-state index contributed by atoms with van der Waals surface area (Å²) in [6.07, 6.45) is 1.59. The molecule has 1 heterocycles. The van der Waals surface area contributed by atoms with E-state index in [9.17, 15) is 13.2 Å². The van der Waals surface area contributed by atoms with E-state index in [2.05, 4.69) is 15.0 Å². The standard InChI is InChI=1S/C24H26ClN3O4S/c1-15(2)33(30,31)28-20-6-4-5-17(13-20)22-27-21(16(3)32-22)14-26-23(29)24(11-12-24)18-7-9-19(25)10-8-18/h4-10,13,15,28H,11-12,14H2,1-3H3,(H,26,29). The number of amides is 1. The van der Waals surface area contributed by atoms with Crippen molar-refractivity contribution in [2.24, 2.45) is 0 Å². The molecule has 2 N–H and O–H groups in total. The summed E-state index contributed by atoms with van der Waals surface area (Å²) >= 11 is 5.98. The number of hydrogen-bond acceptors (Lipinski definition) is 5. The van der Waals surface area contributed by atoms with Crippen molar-refractivity contribution < 1.29 is 17.6 Å². The number of oxazole rings is 1. The van der Waals surface area contributed by atoms with Crippen LogP contribution < -0.4 is 10.0 Å². The Morgan fingerprint density at radius 1 is 1.18 bits per heavy atom. The molecular formula is C24H26ClN3O4S. The van der Waals surface area contributed by atoms with Crippen molar-refractivity contribution in [3.8, 4) is 11.5 Å². The van der Waals surface area contributed by atoms with E-state index in [0.29, 0.717) is 33.6 Å². The maximum atomic E-state index is 12.9. The topological polar surface area (TPSA) is 101 Å². The van der Waals surface area contributed by atoms with E-state index in [-0.39, 0.29) is 12.5 Å². The molecule has 1 amide bonds. The molecule has 1 aromatic heterocycles. The Morgan fingerprint density at radius 3 is 2.52 bits per heavy atom. The summed E-state index contributed by atoms with van der Waals surface area (Å²) in [5.41, 5.74) is 2.15. The smallest absolute Gasteiger partial charge is 0.235 e. The average Bonchev–Trinajstić information content (AvgIpc) is 3.50. The molecule has 174 valence electrons. The number of aryl methyl sites for hydroxylation is 1. The van der Waals surface area contributed by atoms with Gasteiger partial charge >= 0.3 is 0 Å². The van der Waals surface area contributed by atoms with Crippen LogP contribution in [0.15, 0.2) is 52.9 Å². The first-order valence-electron chi connectivity index (χ1n) is 10.7. The van der Waals surface area contributed by atoms with E-state index in [1.807, 2.05) is 12.1 Å². The summed E-state index contributed by atoms with van der Waals surface area (Å²) in [5, 5.41) is 3.08. The summed E-state index contributed by atoms with van der Waals surface area (Å²) in [7, 11) is -3.46. The number of sulfonamides is 1. The van der Waals surface area contributed by atoms with Gasteiger partial charge in [0.2, 0.25) is 21.8 Å². The lowest BCUT2D eigenvalue weighted by Gasteiger charge is -2.15. The molecule has 3 aromatic rings. The number of nitrogens with one attached hydrogen (secondary N) is 2. The number of aromatic nitrogens is 1. The van der Waals surface area contributed by atoms with Gasteiger partial charge in [-0.3, -0.25) is 9.52 Å². The maximum Gasteiger partial charge on any atom is 0.235 e. The Morgan fingerprint density at radius 2 is 1.88 bits per heavy atom. The summed E-state index contributed by atoms with van der Waals surface area (Å²) in [6.45, 7) is 5.25. The maximum absolute atomic E-state index is 12.9. The van der Waals surface area contributed by atoms with Gasteiger partial charge in [-0.25, -0.2) is 13.4 Å². The van der Waals surface area contributed by atoms with Crippen LogP contribution in [0.5, 0.6) is 0 Å². The SMILES string of the molecule is Cc1oc(-c2cccc(NS(=O)(=O)C(C)C)c2)nc1CNC(=O)C1(c2ccc(Cl)cc2)CC1. The zero-order valence-corrected chi connectivity index (χ0v) is 20.3. The van der Waals surface area contributed by atoms with Gasteiger partial charge in [-0.1, -0.05) is 29.8 Å². The van der Waals surface area contributed by atoms with E-state index < -0.39 is 20.7 Å². The molecule has 9 heteroatoms. The summed E-state index contributed by atoms with van der Waals surface area (Å²) < 4.78 is 32.7. The first-order valence-corrected chi connectivity index (χ1v) is 12.7. The number of nitrogens with zero attached hydrogens (tertiary/aromatic N) is 1. The Balaban J connectivity index is 1.47. The van der Waals surface area contributed by atoms with Crippen LogP contribution in [0.3, 0.4) is 0 Å². The minimum Gasteiger partial charge on any atom is -0.441 e. The minimum absolute atomic E-state index is 0.0427. The third-order valence-corrected chi connectivity index (χ3v) is 7.89. The first kappa shape index (κ1) is 23.3. The lowest BCUT2D eigenvalue weighted by atomic mass is 9.95. The van der Waals surface area contributed by atoms with E-state index in [1.54, 1.807) is 57.2 Å². The molecule has 33 heavy (non-hydrogen) atoms. The molecule has 0 aliphatic heterocycles. The lowest BCUT2D eigenvalue weighted by molar-refractivity contribution is -0.123. The molecule has 1 fully saturated rings. The van der Waals surface area contributed by atoms with Crippen LogP contribution >= 0.6 is 11.6 Å². The molecule has 7 nitrogen and oxygen atoms in total. The molecule has 0 bridgehead atoms. The second-order valence-corrected chi connectivity index (χ2v) is 11.2. The highest BCUT2D eigenvalue weighted by atomic mass is 35.5. The minimum atomic E-state index is -3.46. The zero-order valence-electron chi connectivity index (χ0n) is 18.7. The molecule has 4 rings (SSSR count). The summed E-state index contributed by atoms with van der Waals surface area (Å²) in [5.74, 6) is 0.912. The number of halogens is 1. The average molecular weight is 488 g/mol. The van der Waals surface area contributed by atoms with E-state index in [1.165, 1.54) is 0 Å². The highest BCUT2D eigenvalue weighted by molar-refractivity contribution is 7.93. The van der Waals surface area contributed by atoms with Crippen LogP contribution in [0.4, 0.5) is 5.69 Å². The number of hydrogen-bond donors (Lipinski definition) is 2. The number of benzene rings is 2. The van der Waals surface area contributed by atoms with Crippen LogP contribution in [0.1, 0.15) is 43.7 Å². The molecule has 0 spiro atoms. The van der Waals surface area contributed by atoms with Gasteiger partial charge in [0.1, 0.15) is 11.5 Å². The number of anilines is 1. The predicted molar refractivity (Wildman–Crippen MR) is 129 cm³/mol. The molecule has 0 radical (unpaired) electrons. The van der Waals surface area contributed by atoms with Crippen LogP contribution in [0, 0.1) is 6.92 Å². The number of carbonyl (C=O) groups is 1. The van der Waals surface area contributed by atoms with Gasteiger partial charge in [0.15, 0.2) is 0 Å². The van der Waals surface area contributed by atoms with E-state index >= 15 is 0 Å². The quantitative estimate of drug-likeness (QED) is 0.475. The monoisotopic (exact) mass is 487 g/mol. The Hall–Kier alpha value is -2.84. The fraction of sp³-hybridized carbons (Fsp3) is 0.333. The Kier molecular flexibility index (Phi) is 6.24. The molecule has 1 aliphatic carbocycles. The fourth-order valence-corrected chi connectivity index (χ4v) is 4.40. The summed E-state index contributed by atoms with van der Waals surface area (Å²) in [6, 6.07) is 14.3. The van der Waals surface area contributed by atoms with Gasteiger partial charge in [-0.2, -0.15) is 0 Å². The summed E-state index contributed by atoms with van der Waals surface area (Å²) in [4.78, 5) is 17.5. The van der Waals surface area contributed by atoms with Crippen LogP contribution in [-0.4, -0.2) is 24.6 Å². The molecule has 0 saturated heterocycles. The van der Waals surface area contributed by atoms with Crippen molar-refractivity contribution in [2.75, 3.05) is 4.72 Å². The van der Waals surface area contributed by atoms with Gasteiger partial charge in [-0.15, -0.1) is 0 Å². The van der Waals surface area contributed by atoms with Gasteiger partial charge in [-0.05, 0) is 69.5 Å². The highest BCUT2D eigenvalue weighted by Crippen LogP contribution is 2.48. The van der Waals surface area contributed by atoms with E-state index in [0.717, 1.165) is 18.4 Å². The number of carbonyl (C=O) groups excluding carboxylic acids is 1. The molecule has 2 aromatic carbocycles. The van der Waals surface area contributed by atoms with E-state index in [4.69, 9.17) is 16.0 Å². The molecule has 1 aliphatic rings. The van der Waals surface area contributed by atoms with Gasteiger partial charge in [0.05, 0.1) is 17.2 Å². The van der Waals surface area contributed by atoms with Crippen LogP contribution in [0.25, 0.3) is 11.5 Å². The Bertz CT molecular complexity index is 1280. The fourth-order valence-electron chi connectivity index (χ4n) is 3.59. The van der Waals surface area contributed by atoms with Gasteiger partial charge < -0.3 is 9.73 Å². The second kappa shape index (κ2) is 8.83. The van der Waals surface area contributed by atoms with Crippen molar-refractivity contribution in [3.05, 3.63) is 70.6 Å². The first-order chi connectivity index (χ1) is 15.6. The largest absolute Gasteiger partial charge is 0.441 e. The van der Waals surface area contributed by atoms with Crippen molar-refractivity contribution in [1.29, 1.82) is 0 Å².